The van der Waals surface area contributed by atoms with Crippen LogP contribution in [0.25, 0.3) is 0 Å². The summed E-state index contributed by atoms with van der Waals surface area (Å²) < 4.78 is 4.96. The van der Waals surface area contributed by atoms with Crippen LogP contribution in [0.4, 0.5) is 0 Å². The van der Waals surface area contributed by atoms with Gasteiger partial charge in [0, 0.05) is 38.9 Å². The fourth-order valence-electron chi connectivity index (χ4n) is 2.11. The van der Waals surface area contributed by atoms with Crippen molar-refractivity contribution >= 4 is 5.91 Å². The van der Waals surface area contributed by atoms with E-state index in [4.69, 9.17) is 4.74 Å². The van der Waals surface area contributed by atoms with E-state index in [1.54, 1.807) is 7.11 Å². The number of fused-ring (bicyclic) bond motifs is 1. The summed E-state index contributed by atoms with van der Waals surface area (Å²) in [5, 5.41) is 6.21. The summed E-state index contributed by atoms with van der Waals surface area (Å²) in [6, 6.07) is 5.92. The first-order valence-electron chi connectivity index (χ1n) is 6.41. The molecule has 0 fully saturated rings. The monoisotopic (exact) mass is 248 g/mol. The SMILES string of the molecule is COCCCCNC(=O)c1ccc2c(c1)CNC2. The zero-order chi connectivity index (χ0) is 12.8. The average Bonchev–Trinajstić information content (AvgIpc) is 2.85. The highest BCUT2D eigenvalue weighted by Gasteiger charge is 2.12. The van der Waals surface area contributed by atoms with E-state index in [2.05, 4.69) is 10.6 Å². The smallest absolute Gasteiger partial charge is 0.251 e. The molecule has 1 aliphatic heterocycles. The van der Waals surface area contributed by atoms with Crippen LogP contribution in [0.1, 0.15) is 34.3 Å². The Balaban J connectivity index is 1.82. The number of hydrogen-bond acceptors (Lipinski definition) is 3. The maximum atomic E-state index is 11.9. The van der Waals surface area contributed by atoms with Gasteiger partial charge in [-0.1, -0.05) is 6.07 Å². The average molecular weight is 248 g/mol. The van der Waals surface area contributed by atoms with Gasteiger partial charge >= 0.3 is 0 Å². The molecule has 1 aliphatic rings. The second-order valence-corrected chi connectivity index (χ2v) is 4.54. The van der Waals surface area contributed by atoms with Gasteiger partial charge in [-0.25, -0.2) is 0 Å². The molecule has 1 aromatic carbocycles. The van der Waals surface area contributed by atoms with Gasteiger partial charge in [0.25, 0.3) is 5.91 Å². The first-order chi connectivity index (χ1) is 8.81. The van der Waals surface area contributed by atoms with Crippen LogP contribution in [0.15, 0.2) is 18.2 Å². The Morgan fingerprint density at radius 3 is 3.00 bits per heavy atom. The van der Waals surface area contributed by atoms with E-state index < -0.39 is 0 Å². The van der Waals surface area contributed by atoms with Crippen molar-refractivity contribution in [2.75, 3.05) is 20.3 Å². The number of carbonyl (C=O) groups is 1. The summed E-state index contributed by atoms with van der Waals surface area (Å²) >= 11 is 0. The molecule has 1 heterocycles. The Hall–Kier alpha value is -1.39. The first-order valence-corrected chi connectivity index (χ1v) is 6.41. The predicted octanol–water partition coefficient (Wildman–Crippen LogP) is 1.45. The molecule has 2 N–H and O–H groups in total. The van der Waals surface area contributed by atoms with Crippen LogP contribution in [-0.2, 0) is 17.8 Å². The fourth-order valence-corrected chi connectivity index (χ4v) is 2.11. The van der Waals surface area contributed by atoms with Gasteiger partial charge in [-0.05, 0) is 36.1 Å². The third-order valence-corrected chi connectivity index (χ3v) is 3.16. The van der Waals surface area contributed by atoms with E-state index in [0.717, 1.165) is 38.1 Å². The van der Waals surface area contributed by atoms with Crippen molar-refractivity contribution in [1.82, 2.24) is 10.6 Å². The second kappa shape index (κ2) is 6.52. The van der Waals surface area contributed by atoms with Crippen molar-refractivity contribution in [3.8, 4) is 0 Å². The number of carbonyl (C=O) groups excluding carboxylic acids is 1. The maximum absolute atomic E-state index is 11.9. The maximum Gasteiger partial charge on any atom is 0.251 e. The van der Waals surface area contributed by atoms with Crippen LogP contribution in [0, 0.1) is 0 Å². The van der Waals surface area contributed by atoms with E-state index in [1.165, 1.54) is 11.1 Å². The number of rotatable bonds is 6. The van der Waals surface area contributed by atoms with Crippen LogP contribution < -0.4 is 10.6 Å². The zero-order valence-corrected chi connectivity index (χ0v) is 10.8. The van der Waals surface area contributed by atoms with Gasteiger partial charge in [-0.2, -0.15) is 0 Å². The summed E-state index contributed by atoms with van der Waals surface area (Å²) in [5.74, 6) is 0.0158. The van der Waals surface area contributed by atoms with Crippen molar-refractivity contribution in [2.24, 2.45) is 0 Å². The molecule has 0 aromatic heterocycles. The van der Waals surface area contributed by atoms with E-state index >= 15 is 0 Å². The topological polar surface area (TPSA) is 50.4 Å². The number of benzene rings is 1. The molecule has 4 nitrogen and oxygen atoms in total. The Bertz CT molecular complexity index is 418. The summed E-state index contributed by atoms with van der Waals surface area (Å²) in [5.41, 5.74) is 3.29. The second-order valence-electron chi connectivity index (χ2n) is 4.54. The predicted molar refractivity (Wildman–Crippen MR) is 70.4 cm³/mol. The van der Waals surface area contributed by atoms with Gasteiger partial charge in [0.15, 0.2) is 0 Å². The lowest BCUT2D eigenvalue weighted by Gasteiger charge is -2.06. The quantitative estimate of drug-likeness (QED) is 0.749. The van der Waals surface area contributed by atoms with E-state index in [-0.39, 0.29) is 5.91 Å². The van der Waals surface area contributed by atoms with Crippen molar-refractivity contribution in [3.63, 3.8) is 0 Å². The number of hydrogen-bond donors (Lipinski definition) is 2. The summed E-state index contributed by atoms with van der Waals surface area (Å²) in [4.78, 5) is 11.9. The normalized spacial score (nSPS) is 13.4. The van der Waals surface area contributed by atoms with Gasteiger partial charge < -0.3 is 15.4 Å². The van der Waals surface area contributed by atoms with Gasteiger partial charge in [-0.3, -0.25) is 4.79 Å². The fraction of sp³-hybridized carbons (Fsp3) is 0.500. The zero-order valence-electron chi connectivity index (χ0n) is 10.8. The molecule has 0 unspecified atom stereocenters. The molecule has 0 bridgehead atoms. The minimum Gasteiger partial charge on any atom is -0.385 e. The van der Waals surface area contributed by atoms with E-state index in [9.17, 15) is 4.79 Å². The minimum atomic E-state index is 0.0158. The molecule has 2 rings (SSSR count). The number of amides is 1. The third-order valence-electron chi connectivity index (χ3n) is 3.16. The Labute approximate surface area is 108 Å². The molecule has 4 heteroatoms. The summed E-state index contributed by atoms with van der Waals surface area (Å²) in [6.07, 6.45) is 1.93. The minimum absolute atomic E-state index is 0.0158. The number of unbranched alkanes of at least 4 members (excludes halogenated alkanes) is 1. The van der Waals surface area contributed by atoms with Crippen molar-refractivity contribution in [2.45, 2.75) is 25.9 Å². The Kier molecular flexibility index (Phi) is 4.73. The first kappa shape index (κ1) is 13.1. The number of ether oxygens (including phenoxy) is 1. The number of methoxy groups -OCH3 is 1. The molecule has 98 valence electrons. The molecule has 0 saturated heterocycles. The highest BCUT2D eigenvalue weighted by atomic mass is 16.5. The summed E-state index contributed by atoms with van der Waals surface area (Å²) in [7, 11) is 1.69. The lowest BCUT2D eigenvalue weighted by Crippen LogP contribution is -2.24. The Morgan fingerprint density at radius 1 is 1.33 bits per heavy atom. The van der Waals surface area contributed by atoms with Crippen LogP contribution in [-0.4, -0.2) is 26.2 Å². The van der Waals surface area contributed by atoms with E-state index in [1.807, 2.05) is 18.2 Å². The molecule has 0 spiro atoms. The van der Waals surface area contributed by atoms with Crippen molar-refractivity contribution in [1.29, 1.82) is 0 Å². The van der Waals surface area contributed by atoms with Crippen LogP contribution in [0.3, 0.4) is 0 Å². The van der Waals surface area contributed by atoms with Crippen molar-refractivity contribution < 1.29 is 9.53 Å². The highest BCUT2D eigenvalue weighted by Crippen LogP contribution is 2.16. The molecule has 0 atom stereocenters. The van der Waals surface area contributed by atoms with Crippen LogP contribution >= 0.6 is 0 Å². The highest BCUT2D eigenvalue weighted by molar-refractivity contribution is 5.94. The Morgan fingerprint density at radius 2 is 2.17 bits per heavy atom. The number of nitrogens with one attached hydrogen (secondary N) is 2. The van der Waals surface area contributed by atoms with Crippen LogP contribution in [0.5, 0.6) is 0 Å². The largest absolute Gasteiger partial charge is 0.385 e. The molecular formula is C14H20N2O2. The molecule has 1 aromatic rings. The molecule has 1 amide bonds. The molecule has 0 aliphatic carbocycles. The lowest BCUT2D eigenvalue weighted by molar-refractivity contribution is 0.0951. The summed E-state index contributed by atoms with van der Waals surface area (Å²) in [6.45, 7) is 3.23. The lowest BCUT2D eigenvalue weighted by atomic mass is 10.1. The van der Waals surface area contributed by atoms with Gasteiger partial charge in [0.1, 0.15) is 0 Å². The molecule has 0 saturated carbocycles. The van der Waals surface area contributed by atoms with Crippen molar-refractivity contribution in [3.05, 3.63) is 34.9 Å². The molecule has 18 heavy (non-hydrogen) atoms. The van der Waals surface area contributed by atoms with Gasteiger partial charge in [0.05, 0.1) is 0 Å². The van der Waals surface area contributed by atoms with Gasteiger partial charge in [-0.15, -0.1) is 0 Å². The molecular weight excluding hydrogens is 228 g/mol. The standard InChI is InChI=1S/C14H20N2O2/c1-18-7-3-2-6-16-14(17)11-4-5-12-9-15-10-13(12)8-11/h4-5,8,15H,2-3,6-7,9-10H2,1H3,(H,16,17). The third kappa shape index (κ3) is 3.31. The van der Waals surface area contributed by atoms with Gasteiger partial charge in [0.2, 0.25) is 0 Å². The van der Waals surface area contributed by atoms with Crippen LogP contribution in [0.2, 0.25) is 0 Å². The molecule has 0 radical (unpaired) electrons. The van der Waals surface area contributed by atoms with E-state index in [0.29, 0.717) is 6.54 Å².